The van der Waals surface area contributed by atoms with Crippen LogP contribution in [0.4, 0.5) is 0 Å². The normalized spacial score (nSPS) is 15.2. The second kappa shape index (κ2) is 5.23. The zero-order valence-electron chi connectivity index (χ0n) is 9.96. The molecule has 0 saturated heterocycles. The fraction of sp³-hybridized carbons (Fsp3) is 0.583. The number of aliphatic carboxylic acids is 1. The number of hydrogen-bond acceptors (Lipinski definition) is 4. The van der Waals surface area contributed by atoms with Gasteiger partial charge in [-0.3, -0.25) is 9.69 Å². The lowest BCUT2D eigenvalue weighted by molar-refractivity contribution is -0.138. The van der Waals surface area contributed by atoms with E-state index in [0.717, 1.165) is 18.1 Å². The van der Waals surface area contributed by atoms with Gasteiger partial charge in [0.05, 0.1) is 12.2 Å². The van der Waals surface area contributed by atoms with Gasteiger partial charge in [0.15, 0.2) is 0 Å². The highest BCUT2D eigenvalue weighted by Crippen LogP contribution is 2.29. The standard InChI is InChI=1S/C12H17N3O2/c1-9-13-5-4-11(14-9)7-15(8-12(16)17)6-10-2-3-10/h4-5,10H,2-3,6-8H2,1H3,(H,16,17). The van der Waals surface area contributed by atoms with Gasteiger partial charge in [0.2, 0.25) is 0 Å². The van der Waals surface area contributed by atoms with Gasteiger partial charge < -0.3 is 5.11 Å². The van der Waals surface area contributed by atoms with Gasteiger partial charge in [0.25, 0.3) is 0 Å². The molecule has 0 unspecified atom stereocenters. The molecule has 2 rings (SSSR count). The molecule has 1 aromatic rings. The summed E-state index contributed by atoms with van der Waals surface area (Å²) in [6, 6.07) is 1.84. The smallest absolute Gasteiger partial charge is 0.317 e. The first kappa shape index (κ1) is 12.0. The lowest BCUT2D eigenvalue weighted by atomic mass is 10.3. The lowest BCUT2D eigenvalue weighted by Gasteiger charge is -2.19. The van der Waals surface area contributed by atoms with Crippen LogP contribution < -0.4 is 0 Å². The van der Waals surface area contributed by atoms with Crippen molar-refractivity contribution in [3.8, 4) is 0 Å². The number of nitrogens with zero attached hydrogens (tertiary/aromatic N) is 3. The van der Waals surface area contributed by atoms with Gasteiger partial charge in [-0.2, -0.15) is 0 Å². The summed E-state index contributed by atoms with van der Waals surface area (Å²) in [6.45, 7) is 3.37. The molecule has 1 fully saturated rings. The summed E-state index contributed by atoms with van der Waals surface area (Å²) in [6.07, 6.45) is 4.16. The van der Waals surface area contributed by atoms with E-state index in [1.807, 2.05) is 17.9 Å². The minimum absolute atomic E-state index is 0.0829. The van der Waals surface area contributed by atoms with Crippen molar-refractivity contribution in [2.75, 3.05) is 13.1 Å². The van der Waals surface area contributed by atoms with E-state index in [1.165, 1.54) is 12.8 Å². The molecule has 1 aromatic heterocycles. The van der Waals surface area contributed by atoms with Crippen LogP contribution in [0.2, 0.25) is 0 Å². The molecule has 0 amide bonds. The summed E-state index contributed by atoms with van der Waals surface area (Å²) in [5.41, 5.74) is 0.888. The van der Waals surface area contributed by atoms with Crippen LogP contribution in [0.3, 0.4) is 0 Å². The Morgan fingerprint density at radius 3 is 2.94 bits per heavy atom. The highest BCUT2D eigenvalue weighted by molar-refractivity contribution is 5.69. The molecule has 1 saturated carbocycles. The van der Waals surface area contributed by atoms with Gasteiger partial charge in [-0.25, -0.2) is 9.97 Å². The van der Waals surface area contributed by atoms with Crippen LogP contribution in [-0.4, -0.2) is 39.0 Å². The molecule has 5 heteroatoms. The molecule has 0 aromatic carbocycles. The fourth-order valence-corrected chi connectivity index (χ4v) is 1.86. The van der Waals surface area contributed by atoms with E-state index in [9.17, 15) is 4.79 Å². The number of aromatic nitrogens is 2. The second-order valence-corrected chi connectivity index (χ2v) is 4.60. The largest absolute Gasteiger partial charge is 0.480 e. The minimum atomic E-state index is -0.781. The summed E-state index contributed by atoms with van der Waals surface area (Å²) < 4.78 is 0. The summed E-state index contributed by atoms with van der Waals surface area (Å²) in [5, 5.41) is 8.88. The summed E-state index contributed by atoms with van der Waals surface area (Å²) in [5.74, 6) is 0.623. The second-order valence-electron chi connectivity index (χ2n) is 4.60. The Labute approximate surface area is 100 Å². The molecule has 1 aliphatic carbocycles. The fourth-order valence-electron chi connectivity index (χ4n) is 1.86. The molecule has 0 spiro atoms. The molecule has 5 nitrogen and oxygen atoms in total. The van der Waals surface area contributed by atoms with Crippen LogP contribution in [0.25, 0.3) is 0 Å². The van der Waals surface area contributed by atoms with Gasteiger partial charge >= 0.3 is 5.97 Å². The van der Waals surface area contributed by atoms with E-state index in [4.69, 9.17) is 5.11 Å². The van der Waals surface area contributed by atoms with Gasteiger partial charge in [-0.1, -0.05) is 0 Å². The van der Waals surface area contributed by atoms with E-state index in [-0.39, 0.29) is 6.54 Å². The molecule has 0 atom stereocenters. The zero-order valence-corrected chi connectivity index (χ0v) is 9.96. The third-order valence-corrected chi connectivity index (χ3v) is 2.79. The predicted molar refractivity (Wildman–Crippen MR) is 62.4 cm³/mol. The number of carboxylic acid groups (broad SMARTS) is 1. The van der Waals surface area contributed by atoms with Crippen LogP contribution in [-0.2, 0) is 11.3 Å². The Morgan fingerprint density at radius 2 is 2.35 bits per heavy atom. The van der Waals surface area contributed by atoms with E-state index in [0.29, 0.717) is 12.5 Å². The monoisotopic (exact) mass is 235 g/mol. The molecule has 0 radical (unpaired) electrons. The Hall–Kier alpha value is -1.49. The first-order valence-corrected chi connectivity index (χ1v) is 5.86. The lowest BCUT2D eigenvalue weighted by Crippen LogP contribution is -2.31. The van der Waals surface area contributed by atoms with Crippen molar-refractivity contribution in [2.45, 2.75) is 26.3 Å². The van der Waals surface area contributed by atoms with Gasteiger partial charge in [-0.05, 0) is 31.7 Å². The van der Waals surface area contributed by atoms with E-state index >= 15 is 0 Å². The predicted octanol–water partition coefficient (Wildman–Crippen LogP) is 1.08. The highest BCUT2D eigenvalue weighted by Gasteiger charge is 2.25. The van der Waals surface area contributed by atoms with Crippen molar-refractivity contribution in [1.29, 1.82) is 0 Å². The van der Waals surface area contributed by atoms with Crippen LogP contribution in [0.1, 0.15) is 24.4 Å². The highest BCUT2D eigenvalue weighted by atomic mass is 16.4. The molecule has 0 aliphatic heterocycles. The topological polar surface area (TPSA) is 66.3 Å². The van der Waals surface area contributed by atoms with Crippen molar-refractivity contribution in [3.05, 3.63) is 23.8 Å². The Bertz CT molecular complexity index is 404. The average Bonchev–Trinajstić information content (AvgIpc) is 3.00. The first-order valence-electron chi connectivity index (χ1n) is 5.86. The van der Waals surface area contributed by atoms with Crippen LogP contribution in [0.15, 0.2) is 12.3 Å². The quantitative estimate of drug-likeness (QED) is 0.799. The molecule has 1 heterocycles. The molecule has 1 aliphatic rings. The van der Waals surface area contributed by atoms with Gasteiger partial charge in [-0.15, -0.1) is 0 Å². The Morgan fingerprint density at radius 1 is 1.59 bits per heavy atom. The summed E-state index contributed by atoms with van der Waals surface area (Å²) >= 11 is 0. The Kier molecular flexibility index (Phi) is 3.68. The number of rotatable bonds is 6. The van der Waals surface area contributed by atoms with Crippen LogP contribution >= 0.6 is 0 Å². The Balaban J connectivity index is 1.97. The first-order chi connectivity index (χ1) is 8.13. The minimum Gasteiger partial charge on any atom is -0.480 e. The average molecular weight is 235 g/mol. The molecular formula is C12H17N3O2. The molecule has 17 heavy (non-hydrogen) atoms. The van der Waals surface area contributed by atoms with Crippen molar-refractivity contribution in [2.24, 2.45) is 5.92 Å². The SMILES string of the molecule is Cc1nccc(CN(CC(=O)O)CC2CC2)n1. The van der Waals surface area contributed by atoms with Crippen molar-refractivity contribution < 1.29 is 9.90 Å². The maximum absolute atomic E-state index is 10.8. The molecule has 0 bridgehead atoms. The molecule has 1 N–H and O–H groups in total. The van der Waals surface area contributed by atoms with Gasteiger partial charge in [0, 0.05) is 19.3 Å². The van der Waals surface area contributed by atoms with Gasteiger partial charge in [0.1, 0.15) is 5.82 Å². The van der Waals surface area contributed by atoms with Crippen molar-refractivity contribution in [1.82, 2.24) is 14.9 Å². The maximum atomic E-state index is 10.8. The van der Waals surface area contributed by atoms with E-state index in [1.54, 1.807) is 6.20 Å². The molecular weight excluding hydrogens is 218 g/mol. The number of carbonyl (C=O) groups is 1. The molecule has 92 valence electrons. The van der Waals surface area contributed by atoms with Crippen molar-refractivity contribution >= 4 is 5.97 Å². The zero-order chi connectivity index (χ0) is 12.3. The summed E-state index contributed by atoms with van der Waals surface area (Å²) in [4.78, 5) is 21.1. The summed E-state index contributed by atoms with van der Waals surface area (Å²) in [7, 11) is 0. The number of carboxylic acids is 1. The van der Waals surface area contributed by atoms with Crippen LogP contribution in [0, 0.1) is 12.8 Å². The number of hydrogen-bond donors (Lipinski definition) is 1. The van der Waals surface area contributed by atoms with E-state index in [2.05, 4.69) is 9.97 Å². The van der Waals surface area contributed by atoms with E-state index < -0.39 is 5.97 Å². The van der Waals surface area contributed by atoms with Crippen molar-refractivity contribution in [3.63, 3.8) is 0 Å². The third kappa shape index (κ3) is 4.11. The third-order valence-electron chi connectivity index (χ3n) is 2.79. The maximum Gasteiger partial charge on any atom is 0.317 e. The van der Waals surface area contributed by atoms with Crippen LogP contribution in [0.5, 0.6) is 0 Å². The number of aryl methyl sites for hydroxylation is 1.